The predicted octanol–water partition coefficient (Wildman–Crippen LogP) is 2.68. The van der Waals surface area contributed by atoms with Crippen molar-refractivity contribution in [1.29, 1.82) is 0 Å². The lowest BCUT2D eigenvalue weighted by atomic mass is 10.3. The van der Waals surface area contributed by atoms with Gasteiger partial charge < -0.3 is 24.7 Å². The molecule has 7 nitrogen and oxygen atoms in total. The number of halogens is 1. The number of furan rings is 1. The summed E-state index contributed by atoms with van der Waals surface area (Å²) in [6.45, 7) is 3.74. The third-order valence-electron chi connectivity index (χ3n) is 4.37. The van der Waals surface area contributed by atoms with Gasteiger partial charge in [-0.3, -0.25) is 4.99 Å². The van der Waals surface area contributed by atoms with Crippen LogP contribution in [0.1, 0.15) is 18.6 Å². The standard InChI is InChI=1S/C19H26ClN5O2/c1-21-19(23-9-4-11-26-14-16-5-3-12-27-16)24-15-7-10-25(13-15)18-17(20)6-2-8-22-18/h2-3,5-6,8,12,15H,4,7,9-11,13-14H2,1H3,(H2,21,23,24). The van der Waals surface area contributed by atoms with E-state index in [1.165, 1.54) is 0 Å². The van der Waals surface area contributed by atoms with Crippen LogP contribution in [0.2, 0.25) is 5.02 Å². The summed E-state index contributed by atoms with van der Waals surface area (Å²) >= 11 is 6.25. The Morgan fingerprint density at radius 1 is 1.44 bits per heavy atom. The summed E-state index contributed by atoms with van der Waals surface area (Å²) in [5.41, 5.74) is 0. The van der Waals surface area contributed by atoms with Gasteiger partial charge in [0, 0.05) is 45.5 Å². The normalized spacial score (nSPS) is 17.3. The van der Waals surface area contributed by atoms with Gasteiger partial charge >= 0.3 is 0 Å². The Bertz CT molecular complexity index is 723. The van der Waals surface area contributed by atoms with E-state index in [0.717, 1.165) is 50.0 Å². The summed E-state index contributed by atoms with van der Waals surface area (Å²) in [6, 6.07) is 7.81. The van der Waals surface area contributed by atoms with Crippen LogP contribution >= 0.6 is 11.6 Å². The van der Waals surface area contributed by atoms with Crippen LogP contribution < -0.4 is 15.5 Å². The summed E-state index contributed by atoms with van der Waals surface area (Å²) in [7, 11) is 1.78. The van der Waals surface area contributed by atoms with E-state index in [-0.39, 0.29) is 0 Å². The highest BCUT2D eigenvalue weighted by molar-refractivity contribution is 6.32. The fourth-order valence-electron chi connectivity index (χ4n) is 3.02. The summed E-state index contributed by atoms with van der Waals surface area (Å²) in [5.74, 6) is 2.50. The zero-order valence-corrected chi connectivity index (χ0v) is 16.3. The van der Waals surface area contributed by atoms with Gasteiger partial charge in [-0.05, 0) is 37.1 Å². The van der Waals surface area contributed by atoms with Crippen LogP contribution in [0.15, 0.2) is 46.1 Å². The number of aromatic nitrogens is 1. The van der Waals surface area contributed by atoms with E-state index in [9.17, 15) is 0 Å². The lowest BCUT2D eigenvalue weighted by Gasteiger charge is -2.20. The van der Waals surface area contributed by atoms with Gasteiger partial charge in [0.25, 0.3) is 0 Å². The topological polar surface area (TPSA) is 74.9 Å². The third kappa shape index (κ3) is 5.87. The zero-order valence-electron chi connectivity index (χ0n) is 15.5. The summed E-state index contributed by atoms with van der Waals surface area (Å²) in [4.78, 5) is 10.9. The molecule has 0 radical (unpaired) electrons. The molecule has 1 fully saturated rings. The Hall–Kier alpha value is -2.25. The maximum Gasteiger partial charge on any atom is 0.191 e. The molecule has 2 aromatic rings. The van der Waals surface area contributed by atoms with Gasteiger partial charge in [0.2, 0.25) is 0 Å². The molecule has 8 heteroatoms. The Kier molecular flexibility index (Phi) is 7.36. The molecule has 0 amide bonds. The minimum atomic E-state index is 0.310. The van der Waals surface area contributed by atoms with Crippen molar-refractivity contribution in [2.24, 2.45) is 4.99 Å². The van der Waals surface area contributed by atoms with Crippen LogP contribution in [0.3, 0.4) is 0 Å². The number of nitrogens with one attached hydrogen (secondary N) is 2. The van der Waals surface area contributed by atoms with Crippen molar-refractivity contribution in [2.75, 3.05) is 38.2 Å². The summed E-state index contributed by atoms with van der Waals surface area (Å²) in [5, 5.41) is 7.49. The van der Waals surface area contributed by atoms with Crippen LogP contribution in [0, 0.1) is 0 Å². The molecule has 0 spiro atoms. The molecular formula is C19H26ClN5O2. The molecule has 2 N–H and O–H groups in total. The monoisotopic (exact) mass is 391 g/mol. The minimum Gasteiger partial charge on any atom is -0.467 e. The molecular weight excluding hydrogens is 366 g/mol. The highest BCUT2D eigenvalue weighted by Crippen LogP contribution is 2.25. The smallest absolute Gasteiger partial charge is 0.191 e. The highest BCUT2D eigenvalue weighted by atomic mass is 35.5. The number of hydrogen-bond acceptors (Lipinski definition) is 5. The molecule has 0 saturated carbocycles. The second-order valence-corrected chi connectivity index (χ2v) is 6.78. The number of nitrogens with zero attached hydrogens (tertiary/aromatic N) is 3. The Morgan fingerprint density at radius 2 is 2.37 bits per heavy atom. The van der Waals surface area contributed by atoms with Gasteiger partial charge in [0.15, 0.2) is 5.96 Å². The molecule has 27 heavy (non-hydrogen) atoms. The van der Waals surface area contributed by atoms with E-state index in [4.69, 9.17) is 20.8 Å². The molecule has 0 aromatic carbocycles. The quantitative estimate of drug-likeness (QED) is 0.409. The first-order valence-corrected chi connectivity index (χ1v) is 9.57. The number of aliphatic imine (C=N–C) groups is 1. The van der Waals surface area contributed by atoms with Gasteiger partial charge in [-0.15, -0.1) is 0 Å². The molecule has 3 heterocycles. The first kappa shape index (κ1) is 19.5. The lowest BCUT2D eigenvalue weighted by Crippen LogP contribution is -2.45. The van der Waals surface area contributed by atoms with Gasteiger partial charge in [-0.1, -0.05) is 11.6 Å². The molecule has 0 aliphatic carbocycles. The van der Waals surface area contributed by atoms with Gasteiger partial charge in [0.1, 0.15) is 18.2 Å². The molecule has 1 saturated heterocycles. The Balaban J connectivity index is 1.34. The van der Waals surface area contributed by atoms with Gasteiger partial charge in [0.05, 0.1) is 11.3 Å². The fraction of sp³-hybridized carbons (Fsp3) is 0.474. The molecule has 1 aliphatic heterocycles. The molecule has 1 aliphatic rings. The maximum atomic E-state index is 6.25. The lowest BCUT2D eigenvalue weighted by molar-refractivity contribution is 0.105. The van der Waals surface area contributed by atoms with E-state index in [1.807, 2.05) is 24.3 Å². The van der Waals surface area contributed by atoms with Crippen molar-refractivity contribution in [3.63, 3.8) is 0 Å². The summed E-state index contributed by atoms with van der Waals surface area (Å²) < 4.78 is 10.8. The molecule has 0 bridgehead atoms. The summed E-state index contributed by atoms with van der Waals surface area (Å²) in [6.07, 6.45) is 5.33. The van der Waals surface area contributed by atoms with E-state index in [0.29, 0.717) is 24.3 Å². The van der Waals surface area contributed by atoms with E-state index >= 15 is 0 Å². The van der Waals surface area contributed by atoms with Crippen molar-refractivity contribution in [3.8, 4) is 0 Å². The van der Waals surface area contributed by atoms with Crippen molar-refractivity contribution in [1.82, 2.24) is 15.6 Å². The van der Waals surface area contributed by atoms with Crippen molar-refractivity contribution < 1.29 is 9.15 Å². The van der Waals surface area contributed by atoms with E-state index in [2.05, 4.69) is 25.5 Å². The minimum absolute atomic E-state index is 0.310. The fourth-order valence-corrected chi connectivity index (χ4v) is 3.26. The molecule has 1 unspecified atom stereocenters. The van der Waals surface area contributed by atoms with Crippen LogP contribution in [-0.4, -0.2) is 50.3 Å². The number of ether oxygens (including phenoxy) is 1. The largest absolute Gasteiger partial charge is 0.467 e. The van der Waals surface area contributed by atoms with Crippen molar-refractivity contribution in [3.05, 3.63) is 47.5 Å². The second-order valence-electron chi connectivity index (χ2n) is 6.37. The van der Waals surface area contributed by atoms with E-state index in [1.54, 1.807) is 19.5 Å². The van der Waals surface area contributed by atoms with Crippen molar-refractivity contribution >= 4 is 23.4 Å². The van der Waals surface area contributed by atoms with Crippen LogP contribution in [0.25, 0.3) is 0 Å². The average molecular weight is 392 g/mol. The molecule has 1 atom stereocenters. The van der Waals surface area contributed by atoms with Crippen LogP contribution in [-0.2, 0) is 11.3 Å². The first-order chi connectivity index (χ1) is 13.3. The predicted molar refractivity (Wildman–Crippen MR) is 107 cm³/mol. The maximum absolute atomic E-state index is 6.25. The number of rotatable bonds is 8. The second kappa shape index (κ2) is 10.2. The Morgan fingerprint density at radius 3 is 3.15 bits per heavy atom. The third-order valence-corrected chi connectivity index (χ3v) is 4.67. The zero-order chi connectivity index (χ0) is 18.9. The number of hydrogen-bond donors (Lipinski definition) is 2. The average Bonchev–Trinajstić information content (AvgIpc) is 3.36. The number of pyridine rings is 1. The Labute approximate surface area is 164 Å². The van der Waals surface area contributed by atoms with Gasteiger partial charge in [-0.25, -0.2) is 4.98 Å². The van der Waals surface area contributed by atoms with E-state index < -0.39 is 0 Å². The SMILES string of the molecule is CN=C(NCCCOCc1ccco1)NC1CCN(c2ncccc2Cl)C1. The number of anilines is 1. The van der Waals surface area contributed by atoms with Crippen molar-refractivity contribution in [2.45, 2.75) is 25.5 Å². The molecule has 3 rings (SSSR count). The highest BCUT2D eigenvalue weighted by Gasteiger charge is 2.25. The van der Waals surface area contributed by atoms with Gasteiger partial charge in [-0.2, -0.15) is 0 Å². The van der Waals surface area contributed by atoms with Crippen LogP contribution in [0.5, 0.6) is 0 Å². The van der Waals surface area contributed by atoms with Crippen LogP contribution in [0.4, 0.5) is 5.82 Å². The number of guanidine groups is 1. The first-order valence-electron chi connectivity index (χ1n) is 9.19. The molecule has 146 valence electrons. The molecule has 2 aromatic heterocycles.